The fourth-order valence-electron chi connectivity index (χ4n) is 2.43. The summed E-state index contributed by atoms with van der Waals surface area (Å²) in [4.78, 5) is 0. The van der Waals surface area contributed by atoms with E-state index in [1.54, 1.807) is 6.20 Å². The number of hydrogen-bond donors (Lipinski definition) is 0. The quantitative estimate of drug-likeness (QED) is 0.720. The van der Waals surface area contributed by atoms with E-state index in [-0.39, 0.29) is 6.10 Å². The van der Waals surface area contributed by atoms with Gasteiger partial charge in [0.1, 0.15) is 5.75 Å². The monoisotopic (exact) mass is 318 g/mol. The Balaban J connectivity index is 1.80. The van der Waals surface area contributed by atoms with Gasteiger partial charge in [0.2, 0.25) is 0 Å². The van der Waals surface area contributed by atoms with Gasteiger partial charge in [0.15, 0.2) is 0 Å². The summed E-state index contributed by atoms with van der Waals surface area (Å²) in [5.74, 6) is 0.847. The summed E-state index contributed by atoms with van der Waals surface area (Å²) in [6.07, 6.45) is 1.90. The maximum atomic E-state index is 8.87. The molecular formula is C19H18N4O. The fraction of sp³-hybridized carbons (Fsp3) is 0.211. The Labute approximate surface area is 141 Å². The molecule has 0 unspecified atom stereocenters. The molecule has 0 spiro atoms. The van der Waals surface area contributed by atoms with Gasteiger partial charge in [-0.2, -0.15) is 5.26 Å². The van der Waals surface area contributed by atoms with Crippen LogP contribution in [0.15, 0.2) is 54.7 Å². The number of hydrogen-bond acceptors (Lipinski definition) is 4. The van der Waals surface area contributed by atoms with Crippen molar-refractivity contribution in [3.05, 3.63) is 65.9 Å². The smallest absolute Gasteiger partial charge is 0.119 e. The zero-order valence-electron chi connectivity index (χ0n) is 13.7. The van der Waals surface area contributed by atoms with Crippen LogP contribution in [-0.4, -0.2) is 21.1 Å². The van der Waals surface area contributed by atoms with E-state index in [0.717, 1.165) is 22.6 Å². The summed E-state index contributed by atoms with van der Waals surface area (Å²) in [7, 11) is 0. The van der Waals surface area contributed by atoms with Crippen molar-refractivity contribution < 1.29 is 4.74 Å². The second kappa shape index (κ2) is 6.97. The Kier molecular flexibility index (Phi) is 4.57. The molecule has 0 fully saturated rings. The molecule has 24 heavy (non-hydrogen) atoms. The summed E-state index contributed by atoms with van der Waals surface area (Å²) < 4.78 is 7.52. The molecule has 3 aromatic rings. The van der Waals surface area contributed by atoms with E-state index in [9.17, 15) is 0 Å². The topological polar surface area (TPSA) is 63.7 Å². The average Bonchev–Trinajstić information content (AvgIpc) is 3.04. The molecule has 5 heteroatoms. The van der Waals surface area contributed by atoms with E-state index in [1.807, 2.05) is 67.1 Å². The van der Waals surface area contributed by atoms with Crippen LogP contribution < -0.4 is 4.74 Å². The summed E-state index contributed by atoms with van der Waals surface area (Å²) in [6.45, 7) is 4.61. The van der Waals surface area contributed by atoms with Gasteiger partial charge in [-0.1, -0.05) is 17.3 Å². The summed E-state index contributed by atoms with van der Waals surface area (Å²) in [5.41, 5.74) is 3.69. The molecule has 0 saturated heterocycles. The molecule has 120 valence electrons. The number of nitriles is 1. The molecule has 0 bridgehead atoms. The first-order valence-electron chi connectivity index (χ1n) is 7.80. The number of ether oxygens (including phenoxy) is 1. The van der Waals surface area contributed by atoms with Gasteiger partial charge < -0.3 is 4.74 Å². The summed E-state index contributed by atoms with van der Waals surface area (Å²) in [5, 5.41) is 17.1. The van der Waals surface area contributed by atoms with Crippen LogP contribution in [0.4, 0.5) is 0 Å². The molecule has 0 aliphatic carbocycles. The van der Waals surface area contributed by atoms with Gasteiger partial charge in [0, 0.05) is 5.56 Å². The average molecular weight is 318 g/mol. The highest BCUT2D eigenvalue weighted by Gasteiger charge is 2.08. The van der Waals surface area contributed by atoms with Gasteiger partial charge >= 0.3 is 0 Å². The lowest BCUT2D eigenvalue weighted by Crippen LogP contribution is -2.06. The number of nitrogens with zero attached hydrogens (tertiary/aromatic N) is 4. The highest BCUT2D eigenvalue weighted by molar-refractivity contribution is 5.59. The zero-order chi connectivity index (χ0) is 16.9. The largest absolute Gasteiger partial charge is 0.491 e. The molecular weight excluding hydrogens is 300 g/mol. The summed E-state index contributed by atoms with van der Waals surface area (Å²) in [6, 6.07) is 17.5. The normalized spacial score (nSPS) is 10.6. The molecule has 0 aliphatic heterocycles. The van der Waals surface area contributed by atoms with Crippen LogP contribution in [0.25, 0.3) is 11.3 Å². The first kappa shape index (κ1) is 15.8. The van der Waals surface area contributed by atoms with Crippen LogP contribution in [-0.2, 0) is 6.54 Å². The van der Waals surface area contributed by atoms with Crippen LogP contribution in [0, 0.1) is 11.3 Å². The lowest BCUT2D eigenvalue weighted by molar-refractivity contribution is 0.242. The van der Waals surface area contributed by atoms with Crippen LogP contribution in [0.3, 0.4) is 0 Å². The Bertz CT molecular complexity index is 842. The highest BCUT2D eigenvalue weighted by atomic mass is 16.5. The SMILES string of the molecule is CC(C)Oc1ccc(-c2cnnn2Cc2ccc(C#N)cc2)cc1. The minimum Gasteiger partial charge on any atom is -0.491 e. The first-order chi connectivity index (χ1) is 11.7. The molecule has 5 nitrogen and oxygen atoms in total. The molecule has 0 amide bonds. The molecule has 3 rings (SSSR count). The predicted molar refractivity (Wildman–Crippen MR) is 91.5 cm³/mol. The van der Waals surface area contributed by atoms with E-state index in [2.05, 4.69) is 16.4 Å². The molecule has 0 saturated carbocycles. The lowest BCUT2D eigenvalue weighted by atomic mass is 10.1. The number of benzene rings is 2. The molecule has 0 atom stereocenters. The van der Waals surface area contributed by atoms with Crippen LogP contribution in [0.5, 0.6) is 5.75 Å². The van der Waals surface area contributed by atoms with Crippen molar-refractivity contribution in [2.45, 2.75) is 26.5 Å². The van der Waals surface area contributed by atoms with Gasteiger partial charge in [-0.3, -0.25) is 0 Å². The lowest BCUT2D eigenvalue weighted by Gasteiger charge is -2.11. The number of rotatable bonds is 5. The predicted octanol–water partition coefficient (Wildman–Crippen LogP) is 3.65. The van der Waals surface area contributed by atoms with E-state index in [1.165, 1.54) is 0 Å². The molecule has 0 aliphatic rings. The fourth-order valence-corrected chi connectivity index (χ4v) is 2.43. The molecule has 1 aromatic heterocycles. The zero-order valence-corrected chi connectivity index (χ0v) is 13.7. The maximum absolute atomic E-state index is 8.87. The van der Waals surface area contributed by atoms with E-state index >= 15 is 0 Å². The minimum absolute atomic E-state index is 0.152. The third kappa shape index (κ3) is 3.61. The summed E-state index contributed by atoms with van der Waals surface area (Å²) >= 11 is 0. The van der Waals surface area contributed by atoms with Gasteiger partial charge in [-0.05, 0) is 55.8 Å². The highest BCUT2D eigenvalue weighted by Crippen LogP contribution is 2.23. The van der Waals surface area contributed by atoms with Crippen molar-refractivity contribution in [1.29, 1.82) is 5.26 Å². The van der Waals surface area contributed by atoms with E-state index < -0.39 is 0 Å². The van der Waals surface area contributed by atoms with Crippen LogP contribution in [0.2, 0.25) is 0 Å². The van der Waals surface area contributed by atoms with Crippen molar-refractivity contribution >= 4 is 0 Å². The first-order valence-corrected chi connectivity index (χ1v) is 7.80. The second-order valence-electron chi connectivity index (χ2n) is 5.78. The van der Waals surface area contributed by atoms with Crippen molar-refractivity contribution in [3.8, 4) is 23.1 Å². The third-order valence-corrected chi connectivity index (χ3v) is 3.55. The van der Waals surface area contributed by atoms with E-state index in [0.29, 0.717) is 12.1 Å². The van der Waals surface area contributed by atoms with Gasteiger partial charge in [0.25, 0.3) is 0 Å². The Morgan fingerprint density at radius 2 is 1.79 bits per heavy atom. The van der Waals surface area contributed by atoms with Crippen LogP contribution in [0.1, 0.15) is 25.0 Å². The molecule has 1 heterocycles. The molecule has 2 aromatic carbocycles. The van der Waals surface area contributed by atoms with E-state index in [4.69, 9.17) is 10.00 Å². The Morgan fingerprint density at radius 3 is 2.42 bits per heavy atom. The second-order valence-corrected chi connectivity index (χ2v) is 5.78. The van der Waals surface area contributed by atoms with Crippen molar-refractivity contribution in [1.82, 2.24) is 15.0 Å². The van der Waals surface area contributed by atoms with Gasteiger partial charge in [0.05, 0.1) is 36.2 Å². The van der Waals surface area contributed by atoms with Gasteiger partial charge in [-0.25, -0.2) is 4.68 Å². The standard InChI is InChI=1S/C19H18N4O/c1-14(2)24-18-9-7-17(8-10-18)19-12-21-22-23(19)13-16-5-3-15(11-20)4-6-16/h3-10,12,14H,13H2,1-2H3. The molecule has 0 N–H and O–H groups in total. The van der Waals surface area contributed by atoms with Crippen LogP contribution >= 0.6 is 0 Å². The number of aromatic nitrogens is 3. The van der Waals surface area contributed by atoms with Crippen molar-refractivity contribution in [2.24, 2.45) is 0 Å². The molecule has 0 radical (unpaired) electrons. The van der Waals surface area contributed by atoms with Gasteiger partial charge in [-0.15, -0.1) is 5.10 Å². The third-order valence-electron chi connectivity index (χ3n) is 3.55. The van der Waals surface area contributed by atoms with Crippen molar-refractivity contribution in [2.75, 3.05) is 0 Å². The Hall–Kier alpha value is -3.13. The maximum Gasteiger partial charge on any atom is 0.119 e. The minimum atomic E-state index is 0.152. The Morgan fingerprint density at radius 1 is 1.08 bits per heavy atom. The van der Waals surface area contributed by atoms with Crippen molar-refractivity contribution in [3.63, 3.8) is 0 Å².